The molecule has 0 spiro atoms. The van der Waals surface area contributed by atoms with E-state index >= 15 is 0 Å². The average Bonchev–Trinajstić information content (AvgIpc) is 2.48. The average molecular weight is 273 g/mol. The number of hydrogen-bond acceptors (Lipinski definition) is 5. The van der Waals surface area contributed by atoms with Crippen LogP contribution in [0.1, 0.15) is 5.56 Å². The number of benzene rings is 2. The Bertz CT molecular complexity index is 638. The van der Waals surface area contributed by atoms with Gasteiger partial charge in [-0.15, -0.1) is 0 Å². The molecule has 0 atom stereocenters. The van der Waals surface area contributed by atoms with E-state index in [0.717, 1.165) is 0 Å². The molecule has 0 unspecified atom stereocenters. The molecule has 20 heavy (non-hydrogen) atoms. The maximum Gasteiger partial charge on any atom is 0.162 e. The zero-order valence-electron chi connectivity index (χ0n) is 11.2. The van der Waals surface area contributed by atoms with E-state index in [2.05, 4.69) is 4.99 Å². The molecule has 2 N–H and O–H groups in total. The second kappa shape index (κ2) is 5.97. The highest BCUT2D eigenvalue weighted by atomic mass is 16.5. The van der Waals surface area contributed by atoms with Crippen molar-refractivity contribution in [2.75, 3.05) is 14.2 Å². The van der Waals surface area contributed by atoms with Crippen molar-refractivity contribution in [1.82, 2.24) is 0 Å². The summed E-state index contributed by atoms with van der Waals surface area (Å²) in [5.41, 5.74) is 1.37. The van der Waals surface area contributed by atoms with Crippen molar-refractivity contribution in [2.45, 2.75) is 0 Å². The first-order valence-electron chi connectivity index (χ1n) is 5.92. The van der Waals surface area contributed by atoms with E-state index in [1.54, 1.807) is 44.7 Å². The summed E-state index contributed by atoms with van der Waals surface area (Å²) in [6.07, 6.45) is 1.58. The Hall–Kier alpha value is -2.69. The highest BCUT2D eigenvalue weighted by Crippen LogP contribution is 2.31. The molecule has 2 aromatic carbocycles. The zero-order chi connectivity index (χ0) is 14.5. The van der Waals surface area contributed by atoms with Crippen molar-refractivity contribution in [2.24, 2.45) is 4.99 Å². The van der Waals surface area contributed by atoms with Crippen LogP contribution in [0.25, 0.3) is 0 Å². The van der Waals surface area contributed by atoms with Gasteiger partial charge in [-0.2, -0.15) is 0 Å². The molecular weight excluding hydrogens is 258 g/mol. The Morgan fingerprint density at radius 3 is 2.30 bits per heavy atom. The van der Waals surface area contributed by atoms with Crippen LogP contribution in [0.2, 0.25) is 0 Å². The predicted molar refractivity (Wildman–Crippen MR) is 76.6 cm³/mol. The van der Waals surface area contributed by atoms with E-state index in [9.17, 15) is 10.2 Å². The number of ether oxygens (including phenoxy) is 2. The standard InChI is InChI=1S/C15H15NO4/c1-19-14-6-4-11(8-15(14)20-2)16-9-10-3-5-12(17)13(18)7-10/h3-9,17-18H,1-2H3. The van der Waals surface area contributed by atoms with Crippen LogP contribution in [-0.4, -0.2) is 30.6 Å². The second-order valence-corrected chi connectivity index (χ2v) is 4.05. The lowest BCUT2D eigenvalue weighted by Gasteiger charge is -2.07. The maximum absolute atomic E-state index is 9.40. The molecule has 104 valence electrons. The Balaban J connectivity index is 2.24. The third-order valence-electron chi connectivity index (χ3n) is 2.73. The molecule has 0 aliphatic heterocycles. The Labute approximate surface area is 116 Å². The van der Waals surface area contributed by atoms with Crippen molar-refractivity contribution in [3.63, 3.8) is 0 Å². The van der Waals surface area contributed by atoms with Gasteiger partial charge in [0.15, 0.2) is 23.0 Å². The lowest BCUT2D eigenvalue weighted by molar-refractivity contribution is 0.355. The Kier molecular flexibility index (Phi) is 4.10. The number of aromatic hydroxyl groups is 2. The maximum atomic E-state index is 9.40. The fourth-order valence-corrected chi connectivity index (χ4v) is 1.68. The van der Waals surface area contributed by atoms with Gasteiger partial charge in [-0.3, -0.25) is 4.99 Å². The third kappa shape index (κ3) is 3.00. The largest absolute Gasteiger partial charge is 0.504 e. The van der Waals surface area contributed by atoms with Gasteiger partial charge in [-0.25, -0.2) is 0 Å². The first-order valence-corrected chi connectivity index (χ1v) is 5.92. The lowest BCUT2D eigenvalue weighted by Crippen LogP contribution is -1.89. The minimum atomic E-state index is -0.179. The molecule has 0 aromatic heterocycles. The topological polar surface area (TPSA) is 71.3 Å². The van der Waals surface area contributed by atoms with Crippen molar-refractivity contribution in [1.29, 1.82) is 0 Å². The molecule has 5 nitrogen and oxygen atoms in total. The van der Waals surface area contributed by atoms with Gasteiger partial charge in [-0.1, -0.05) is 0 Å². The van der Waals surface area contributed by atoms with E-state index in [0.29, 0.717) is 22.7 Å². The first kappa shape index (κ1) is 13.7. The lowest BCUT2D eigenvalue weighted by atomic mass is 10.2. The van der Waals surface area contributed by atoms with Crippen molar-refractivity contribution >= 4 is 11.9 Å². The highest BCUT2D eigenvalue weighted by molar-refractivity contribution is 5.83. The summed E-state index contributed by atoms with van der Waals surface area (Å²) in [6.45, 7) is 0. The van der Waals surface area contributed by atoms with Crippen LogP contribution < -0.4 is 9.47 Å². The number of aliphatic imine (C=N–C) groups is 1. The zero-order valence-corrected chi connectivity index (χ0v) is 11.2. The quantitative estimate of drug-likeness (QED) is 0.663. The van der Waals surface area contributed by atoms with E-state index in [-0.39, 0.29) is 11.5 Å². The molecule has 0 amide bonds. The van der Waals surface area contributed by atoms with Crippen LogP contribution in [-0.2, 0) is 0 Å². The SMILES string of the molecule is COc1ccc(N=Cc2ccc(O)c(O)c2)cc1OC. The molecule has 0 heterocycles. The molecule has 0 aliphatic rings. The van der Waals surface area contributed by atoms with E-state index in [4.69, 9.17) is 9.47 Å². The molecule has 0 radical (unpaired) electrons. The fourth-order valence-electron chi connectivity index (χ4n) is 1.68. The van der Waals surface area contributed by atoms with Crippen LogP contribution in [0.4, 0.5) is 5.69 Å². The van der Waals surface area contributed by atoms with Crippen LogP contribution in [0.3, 0.4) is 0 Å². The summed E-state index contributed by atoms with van der Waals surface area (Å²) in [5, 5.41) is 18.6. The van der Waals surface area contributed by atoms with Gasteiger partial charge in [0.1, 0.15) is 0 Å². The molecule has 0 saturated heterocycles. The smallest absolute Gasteiger partial charge is 0.162 e. The molecular formula is C15H15NO4. The van der Waals surface area contributed by atoms with Gasteiger partial charge < -0.3 is 19.7 Å². The number of phenols is 2. The summed E-state index contributed by atoms with van der Waals surface area (Å²) in [7, 11) is 3.13. The van der Waals surface area contributed by atoms with E-state index in [1.807, 2.05) is 0 Å². The van der Waals surface area contributed by atoms with Crippen molar-refractivity contribution in [3.8, 4) is 23.0 Å². The molecule has 0 fully saturated rings. The normalized spacial score (nSPS) is 10.7. The fraction of sp³-hybridized carbons (Fsp3) is 0.133. The van der Waals surface area contributed by atoms with Crippen LogP contribution in [0.15, 0.2) is 41.4 Å². The predicted octanol–water partition coefficient (Wildman–Crippen LogP) is 2.87. The summed E-state index contributed by atoms with van der Waals surface area (Å²) >= 11 is 0. The van der Waals surface area contributed by atoms with Gasteiger partial charge >= 0.3 is 0 Å². The van der Waals surface area contributed by atoms with Gasteiger partial charge in [0, 0.05) is 12.3 Å². The highest BCUT2D eigenvalue weighted by Gasteiger charge is 2.03. The van der Waals surface area contributed by atoms with Crippen molar-refractivity contribution < 1.29 is 19.7 Å². The molecule has 0 saturated carbocycles. The van der Waals surface area contributed by atoms with Crippen LogP contribution in [0.5, 0.6) is 23.0 Å². The van der Waals surface area contributed by atoms with E-state index in [1.165, 1.54) is 12.1 Å². The number of methoxy groups -OCH3 is 2. The van der Waals surface area contributed by atoms with Gasteiger partial charge in [0.25, 0.3) is 0 Å². The minimum absolute atomic E-state index is 0.159. The first-order chi connectivity index (χ1) is 9.63. The number of phenolic OH excluding ortho intramolecular Hbond substituents is 2. The van der Waals surface area contributed by atoms with E-state index < -0.39 is 0 Å². The second-order valence-electron chi connectivity index (χ2n) is 4.05. The third-order valence-corrected chi connectivity index (χ3v) is 2.73. The van der Waals surface area contributed by atoms with Crippen molar-refractivity contribution in [3.05, 3.63) is 42.0 Å². The Morgan fingerprint density at radius 1 is 0.900 bits per heavy atom. The van der Waals surface area contributed by atoms with Gasteiger partial charge in [-0.05, 0) is 35.9 Å². The summed E-state index contributed by atoms with van der Waals surface area (Å²) in [6, 6.07) is 9.79. The minimum Gasteiger partial charge on any atom is -0.504 e. The summed E-state index contributed by atoms with van der Waals surface area (Å²) in [4.78, 5) is 4.28. The molecule has 2 aromatic rings. The summed E-state index contributed by atoms with van der Waals surface area (Å²) in [5.74, 6) is 0.888. The Morgan fingerprint density at radius 2 is 1.65 bits per heavy atom. The van der Waals surface area contributed by atoms with Crippen LogP contribution in [0, 0.1) is 0 Å². The monoisotopic (exact) mass is 273 g/mol. The summed E-state index contributed by atoms with van der Waals surface area (Å²) < 4.78 is 10.3. The van der Waals surface area contributed by atoms with Gasteiger partial charge in [0.05, 0.1) is 19.9 Å². The number of hydrogen-bond donors (Lipinski definition) is 2. The van der Waals surface area contributed by atoms with Crippen LogP contribution >= 0.6 is 0 Å². The number of nitrogens with zero attached hydrogens (tertiary/aromatic N) is 1. The van der Waals surface area contributed by atoms with Gasteiger partial charge in [0.2, 0.25) is 0 Å². The molecule has 2 rings (SSSR count). The molecule has 0 bridgehead atoms. The molecule has 5 heteroatoms. The molecule has 0 aliphatic carbocycles. The number of rotatable bonds is 4.